The van der Waals surface area contributed by atoms with E-state index in [1.807, 2.05) is 35.2 Å². The van der Waals surface area contributed by atoms with Gasteiger partial charge in [-0.05, 0) is 49.3 Å². The lowest BCUT2D eigenvalue weighted by Crippen LogP contribution is -2.45. The van der Waals surface area contributed by atoms with Crippen molar-refractivity contribution in [2.75, 3.05) is 44.6 Å². The van der Waals surface area contributed by atoms with Crippen LogP contribution in [0, 0.1) is 0 Å². The van der Waals surface area contributed by atoms with Gasteiger partial charge in [0.2, 0.25) is 5.91 Å². The first-order valence-corrected chi connectivity index (χ1v) is 11.3. The number of halogens is 1. The van der Waals surface area contributed by atoms with Crippen LogP contribution in [-0.2, 0) is 4.79 Å². The third-order valence-electron chi connectivity index (χ3n) is 5.72. The highest BCUT2D eigenvalue weighted by Gasteiger charge is 2.31. The maximum Gasteiger partial charge on any atom is 0.321 e. The van der Waals surface area contributed by atoms with Crippen LogP contribution in [0.25, 0.3) is 0 Å². The van der Waals surface area contributed by atoms with Crippen LogP contribution in [0.5, 0.6) is 0 Å². The summed E-state index contributed by atoms with van der Waals surface area (Å²) in [5.74, 6) is 0.106. The number of anilines is 1. The van der Waals surface area contributed by atoms with Crippen LogP contribution in [-0.4, -0.2) is 65.9 Å². The quantitative estimate of drug-likeness (QED) is 0.717. The summed E-state index contributed by atoms with van der Waals surface area (Å²) < 4.78 is 0. The number of nitrogens with one attached hydrogen (secondary N) is 1. The van der Waals surface area contributed by atoms with Crippen molar-refractivity contribution in [2.45, 2.75) is 26.3 Å². The molecule has 31 heavy (non-hydrogen) atoms. The highest BCUT2D eigenvalue weighted by Crippen LogP contribution is 2.24. The average molecular weight is 443 g/mol. The summed E-state index contributed by atoms with van der Waals surface area (Å²) in [6.45, 7) is 8.05. The molecule has 1 heterocycles. The molecule has 2 aromatic carbocycles. The summed E-state index contributed by atoms with van der Waals surface area (Å²) in [4.78, 5) is 32.1. The van der Waals surface area contributed by atoms with Crippen LogP contribution < -0.4 is 5.32 Å². The van der Waals surface area contributed by atoms with Gasteiger partial charge in [-0.25, -0.2) is 4.79 Å². The van der Waals surface area contributed by atoms with Gasteiger partial charge >= 0.3 is 6.03 Å². The zero-order valence-corrected chi connectivity index (χ0v) is 19.0. The molecule has 1 atom stereocenters. The first-order valence-electron chi connectivity index (χ1n) is 10.9. The fourth-order valence-corrected chi connectivity index (χ4v) is 4.11. The number of hydrogen-bond donors (Lipinski definition) is 1. The molecule has 6 nitrogen and oxygen atoms in total. The first kappa shape index (κ1) is 23.1. The molecule has 0 radical (unpaired) electrons. The van der Waals surface area contributed by atoms with E-state index in [1.165, 1.54) is 0 Å². The summed E-state index contributed by atoms with van der Waals surface area (Å²) >= 11 is 5.91. The van der Waals surface area contributed by atoms with Crippen molar-refractivity contribution in [3.8, 4) is 0 Å². The summed E-state index contributed by atoms with van der Waals surface area (Å²) in [5, 5.41) is 3.54. The molecular weight excluding hydrogens is 412 g/mol. The summed E-state index contributed by atoms with van der Waals surface area (Å²) in [6, 6.07) is 16.6. The molecule has 7 heteroatoms. The molecule has 0 aliphatic carbocycles. The monoisotopic (exact) mass is 442 g/mol. The van der Waals surface area contributed by atoms with Gasteiger partial charge in [-0.3, -0.25) is 9.69 Å². The molecule has 0 saturated carbocycles. The van der Waals surface area contributed by atoms with E-state index < -0.39 is 0 Å². The number of carbonyl (C=O) groups excluding carboxylic acids is 2. The molecule has 1 saturated heterocycles. The van der Waals surface area contributed by atoms with Crippen molar-refractivity contribution in [2.24, 2.45) is 0 Å². The predicted molar refractivity (Wildman–Crippen MR) is 125 cm³/mol. The second-order valence-corrected chi connectivity index (χ2v) is 8.07. The second kappa shape index (κ2) is 11.2. The SMILES string of the molecule is CCN(CC)C(C(=O)N1CCCN(C(=O)Nc2ccc(Cl)cc2)CC1)c1ccccc1. The van der Waals surface area contributed by atoms with Crippen molar-refractivity contribution in [1.29, 1.82) is 0 Å². The van der Waals surface area contributed by atoms with Crippen LogP contribution >= 0.6 is 11.6 Å². The van der Waals surface area contributed by atoms with Crippen molar-refractivity contribution in [1.82, 2.24) is 14.7 Å². The number of rotatable bonds is 6. The van der Waals surface area contributed by atoms with Crippen LogP contribution in [0.4, 0.5) is 10.5 Å². The van der Waals surface area contributed by atoms with Crippen molar-refractivity contribution in [3.63, 3.8) is 0 Å². The molecule has 0 spiro atoms. The third kappa shape index (κ3) is 5.99. The van der Waals surface area contributed by atoms with Gasteiger partial charge in [-0.15, -0.1) is 0 Å². The molecule has 3 rings (SSSR count). The van der Waals surface area contributed by atoms with E-state index in [0.717, 1.165) is 25.1 Å². The van der Waals surface area contributed by atoms with Gasteiger partial charge < -0.3 is 15.1 Å². The van der Waals surface area contributed by atoms with Crippen LogP contribution in [0.15, 0.2) is 54.6 Å². The highest BCUT2D eigenvalue weighted by molar-refractivity contribution is 6.30. The predicted octanol–water partition coefficient (Wildman–Crippen LogP) is 4.49. The maximum atomic E-state index is 13.6. The van der Waals surface area contributed by atoms with Crippen LogP contribution in [0.2, 0.25) is 5.02 Å². The lowest BCUT2D eigenvalue weighted by molar-refractivity contribution is -0.137. The van der Waals surface area contributed by atoms with Crippen LogP contribution in [0.1, 0.15) is 31.9 Å². The minimum atomic E-state index is -0.300. The molecule has 3 amide bonds. The van der Waals surface area contributed by atoms with E-state index in [0.29, 0.717) is 36.9 Å². The van der Waals surface area contributed by atoms with Crippen molar-refractivity contribution >= 4 is 29.2 Å². The van der Waals surface area contributed by atoms with Gasteiger partial charge in [0, 0.05) is 36.9 Å². The third-order valence-corrected chi connectivity index (χ3v) is 5.97. The lowest BCUT2D eigenvalue weighted by Gasteiger charge is -2.33. The number of hydrogen-bond acceptors (Lipinski definition) is 3. The van der Waals surface area contributed by atoms with E-state index in [2.05, 4.69) is 24.1 Å². The molecule has 166 valence electrons. The fourth-order valence-electron chi connectivity index (χ4n) is 3.98. The number of benzene rings is 2. The molecule has 2 aromatic rings. The minimum Gasteiger partial charge on any atom is -0.339 e. The number of amides is 3. The Morgan fingerprint density at radius 1 is 0.935 bits per heavy atom. The van der Waals surface area contributed by atoms with Crippen molar-refractivity contribution < 1.29 is 9.59 Å². The Hall–Kier alpha value is -2.57. The average Bonchev–Trinajstić information content (AvgIpc) is 3.05. The Labute approximate surface area is 189 Å². The normalized spacial score (nSPS) is 15.5. The molecule has 1 aliphatic rings. The Kier molecular flexibility index (Phi) is 8.32. The topological polar surface area (TPSA) is 55.9 Å². The molecule has 1 unspecified atom stereocenters. The minimum absolute atomic E-state index is 0.106. The largest absolute Gasteiger partial charge is 0.339 e. The van der Waals surface area contributed by atoms with E-state index in [1.54, 1.807) is 29.2 Å². The van der Waals surface area contributed by atoms with E-state index >= 15 is 0 Å². The van der Waals surface area contributed by atoms with Gasteiger partial charge in [0.25, 0.3) is 0 Å². The number of urea groups is 1. The molecular formula is C24H31ClN4O2. The van der Waals surface area contributed by atoms with Gasteiger partial charge in [-0.2, -0.15) is 0 Å². The maximum absolute atomic E-state index is 13.6. The molecule has 1 aliphatic heterocycles. The number of likely N-dealkylation sites (N-methyl/N-ethyl adjacent to an activating group) is 1. The van der Waals surface area contributed by atoms with Crippen molar-refractivity contribution in [3.05, 3.63) is 65.2 Å². The fraction of sp³-hybridized carbons (Fsp3) is 0.417. The summed E-state index contributed by atoms with van der Waals surface area (Å²) in [5.41, 5.74) is 1.72. The standard InChI is InChI=1S/C24H31ClN4O2/c1-3-27(4-2)22(19-9-6-5-7-10-19)23(30)28-15-8-16-29(18-17-28)24(31)26-21-13-11-20(25)12-14-21/h5-7,9-14,22H,3-4,8,15-18H2,1-2H3,(H,26,31). The van der Waals surface area contributed by atoms with E-state index in [9.17, 15) is 9.59 Å². The van der Waals surface area contributed by atoms with E-state index in [4.69, 9.17) is 11.6 Å². The molecule has 1 N–H and O–H groups in total. The van der Waals surface area contributed by atoms with E-state index in [-0.39, 0.29) is 18.0 Å². The zero-order chi connectivity index (χ0) is 22.2. The molecule has 0 bridgehead atoms. The highest BCUT2D eigenvalue weighted by atomic mass is 35.5. The van der Waals surface area contributed by atoms with Gasteiger partial charge in [0.1, 0.15) is 6.04 Å². The van der Waals surface area contributed by atoms with Gasteiger partial charge in [-0.1, -0.05) is 55.8 Å². The summed E-state index contributed by atoms with van der Waals surface area (Å²) in [6.07, 6.45) is 0.750. The Balaban J connectivity index is 1.67. The Bertz CT molecular complexity index is 856. The molecule has 1 fully saturated rings. The number of carbonyl (C=O) groups is 2. The second-order valence-electron chi connectivity index (χ2n) is 7.64. The van der Waals surface area contributed by atoms with Gasteiger partial charge in [0.15, 0.2) is 0 Å². The zero-order valence-electron chi connectivity index (χ0n) is 18.3. The van der Waals surface area contributed by atoms with Gasteiger partial charge in [0.05, 0.1) is 0 Å². The Morgan fingerprint density at radius 2 is 1.55 bits per heavy atom. The smallest absolute Gasteiger partial charge is 0.321 e. The molecule has 0 aromatic heterocycles. The lowest BCUT2D eigenvalue weighted by atomic mass is 10.0. The Morgan fingerprint density at radius 3 is 2.19 bits per heavy atom. The van der Waals surface area contributed by atoms with Crippen LogP contribution in [0.3, 0.4) is 0 Å². The first-order chi connectivity index (χ1) is 15.0. The number of nitrogens with zero attached hydrogens (tertiary/aromatic N) is 3. The summed E-state index contributed by atoms with van der Waals surface area (Å²) in [7, 11) is 0.